The second-order valence-electron chi connectivity index (χ2n) is 8.03. The van der Waals surface area contributed by atoms with E-state index in [0.29, 0.717) is 37.2 Å². The summed E-state index contributed by atoms with van der Waals surface area (Å²) in [6.07, 6.45) is 0.775. The zero-order chi connectivity index (χ0) is 24.1. The van der Waals surface area contributed by atoms with E-state index >= 15 is 0 Å². The molecule has 4 rings (SSSR count). The molecular formula is C24H26N4O4S2. The molecule has 3 aromatic rings. The van der Waals surface area contributed by atoms with Gasteiger partial charge < -0.3 is 9.80 Å². The monoisotopic (exact) mass is 498 g/mol. The van der Waals surface area contributed by atoms with E-state index < -0.39 is 10.0 Å². The van der Waals surface area contributed by atoms with Gasteiger partial charge in [-0.15, -0.1) is 11.3 Å². The highest BCUT2D eigenvalue weighted by Gasteiger charge is 2.22. The Morgan fingerprint density at radius 2 is 1.68 bits per heavy atom. The van der Waals surface area contributed by atoms with E-state index in [-0.39, 0.29) is 21.7 Å². The quantitative estimate of drug-likeness (QED) is 0.478. The van der Waals surface area contributed by atoms with Crippen LogP contribution in [-0.4, -0.2) is 56.2 Å². The molecule has 10 heteroatoms. The van der Waals surface area contributed by atoms with E-state index in [1.807, 2.05) is 29.2 Å². The minimum atomic E-state index is -3.68. The lowest BCUT2D eigenvalue weighted by atomic mass is 10.1. The number of amides is 1. The van der Waals surface area contributed by atoms with Gasteiger partial charge in [-0.1, -0.05) is 18.2 Å². The molecule has 1 aliphatic rings. The van der Waals surface area contributed by atoms with Crippen molar-refractivity contribution in [3.63, 3.8) is 0 Å². The lowest BCUT2D eigenvalue weighted by Gasteiger charge is -2.36. The second kappa shape index (κ2) is 10.4. The van der Waals surface area contributed by atoms with Gasteiger partial charge in [-0.2, -0.15) is 0 Å². The number of carbonyl (C=O) groups excluding carboxylic acids is 2. The van der Waals surface area contributed by atoms with Crippen LogP contribution in [0.2, 0.25) is 0 Å². The molecule has 1 amide bonds. The molecule has 2 aromatic carbocycles. The molecule has 34 heavy (non-hydrogen) atoms. The maximum absolute atomic E-state index is 12.7. The number of rotatable bonds is 8. The van der Waals surface area contributed by atoms with Gasteiger partial charge >= 0.3 is 0 Å². The van der Waals surface area contributed by atoms with Crippen molar-refractivity contribution in [1.29, 1.82) is 0 Å². The first-order valence-electron chi connectivity index (χ1n) is 11.0. The fourth-order valence-corrected chi connectivity index (χ4v) is 5.77. The van der Waals surface area contributed by atoms with Crippen molar-refractivity contribution in [2.75, 3.05) is 35.8 Å². The minimum Gasteiger partial charge on any atom is -0.368 e. The van der Waals surface area contributed by atoms with Gasteiger partial charge in [0.15, 0.2) is 10.9 Å². The van der Waals surface area contributed by atoms with E-state index in [1.165, 1.54) is 23.5 Å². The average molecular weight is 499 g/mol. The molecule has 1 aromatic heterocycles. The molecule has 0 radical (unpaired) electrons. The summed E-state index contributed by atoms with van der Waals surface area (Å²) in [6.45, 7) is 4.27. The van der Waals surface area contributed by atoms with Gasteiger partial charge in [0, 0.05) is 49.2 Å². The van der Waals surface area contributed by atoms with Gasteiger partial charge in [0.25, 0.3) is 10.0 Å². The molecule has 0 bridgehead atoms. The summed E-state index contributed by atoms with van der Waals surface area (Å²) >= 11 is 1.20. The van der Waals surface area contributed by atoms with E-state index in [2.05, 4.69) is 14.6 Å². The van der Waals surface area contributed by atoms with Gasteiger partial charge in [0.05, 0.1) is 10.6 Å². The SMILES string of the molecule is CC(=O)c1ccc(N2CCN(C(=O)CCc3csc(NS(=O)(=O)c4ccccc4)n3)CC2)cc1. The van der Waals surface area contributed by atoms with Crippen molar-refractivity contribution in [2.24, 2.45) is 0 Å². The molecule has 0 unspecified atom stereocenters. The number of benzene rings is 2. The van der Waals surface area contributed by atoms with Crippen LogP contribution < -0.4 is 9.62 Å². The summed E-state index contributed by atoms with van der Waals surface area (Å²) in [6, 6.07) is 15.7. The molecule has 0 saturated carbocycles. The van der Waals surface area contributed by atoms with Crippen molar-refractivity contribution in [3.05, 3.63) is 71.2 Å². The van der Waals surface area contributed by atoms with E-state index in [4.69, 9.17) is 0 Å². The van der Waals surface area contributed by atoms with Crippen molar-refractivity contribution >= 4 is 43.9 Å². The van der Waals surface area contributed by atoms with Crippen LogP contribution >= 0.6 is 11.3 Å². The van der Waals surface area contributed by atoms with Crippen molar-refractivity contribution in [1.82, 2.24) is 9.88 Å². The third-order valence-electron chi connectivity index (χ3n) is 5.69. The summed E-state index contributed by atoms with van der Waals surface area (Å²) in [5.74, 6) is 0.105. The summed E-state index contributed by atoms with van der Waals surface area (Å²) < 4.78 is 27.4. The Hall–Kier alpha value is -3.24. The van der Waals surface area contributed by atoms with E-state index in [9.17, 15) is 18.0 Å². The molecule has 0 spiro atoms. The molecule has 0 aliphatic carbocycles. The van der Waals surface area contributed by atoms with Crippen LogP contribution in [0.15, 0.2) is 64.9 Å². The van der Waals surface area contributed by atoms with Gasteiger partial charge in [-0.3, -0.25) is 14.3 Å². The summed E-state index contributed by atoms with van der Waals surface area (Å²) in [5, 5.41) is 2.06. The highest BCUT2D eigenvalue weighted by molar-refractivity contribution is 7.93. The van der Waals surface area contributed by atoms with Gasteiger partial charge in [0.1, 0.15) is 0 Å². The van der Waals surface area contributed by atoms with E-state index in [0.717, 1.165) is 18.8 Å². The zero-order valence-electron chi connectivity index (χ0n) is 18.8. The summed E-state index contributed by atoms with van der Waals surface area (Å²) in [7, 11) is -3.68. The van der Waals surface area contributed by atoms with Crippen LogP contribution in [0.3, 0.4) is 0 Å². The Morgan fingerprint density at radius 1 is 1.00 bits per heavy atom. The molecular weight excluding hydrogens is 472 g/mol. The molecule has 1 saturated heterocycles. The fraction of sp³-hybridized carbons (Fsp3) is 0.292. The average Bonchev–Trinajstić information content (AvgIpc) is 3.29. The first kappa shape index (κ1) is 23.9. The molecule has 1 aliphatic heterocycles. The standard InChI is InChI=1S/C24H26N4O4S2/c1-18(29)19-7-10-21(11-8-19)27-13-15-28(16-14-27)23(30)12-9-20-17-33-24(25-20)26-34(31,32)22-5-3-2-4-6-22/h2-8,10-11,17H,9,12-16H2,1H3,(H,25,26). The Labute approximate surface area is 203 Å². The maximum Gasteiger partial charge on any atom is 0.263 e. The van der Waals surface area contributed by atoms with Gasteiger partial charge in [-0.05, 0) is 49.7 Å². The number of aromatic nitrogens is 1. The number of hydrogen-bond donors (Lipinski definition) is 1. The number of Topliss-reactive ketones (excluding diaryl/α,β-unsaturated/α-hetero) is 1. The first-order chi connectivity index (χ1) is 16.3. The Bertz CT molecular complexity index is 1250. The van der Waals surface area contributed by atoms with Crippen molar-refractivity contribution in [3.8, 4) is 0 Å². The molecule has 0 atom stereocenters. The van der Waals surface area contributed by atoms with Crippen LogP contribution in [0.4, 0.5) is 10.8 Å². The zero-order valence-corrected chi connectivity index (χ0v) is 20.4. The molecule has 1 fully saturated rings. The molecule has 178 valence electrons. The van der Waals surface area contributed by atoms with Crippen molar-refractivity contribution in [2.45, 2.75) is 24.7 Å². The summed E-state index contributed by atoms with van der Waals surface area (Å²) in [4.78, 5) is 32.7. The predicted molar refractivity (Wildman–Crippen MR) is 133 cm³/mol. The topological polar surface area (TPSA) is 99.7 Å². The Kier molecular flexibility index (Phi) is 7.28. The van der Waals surface area contributed by atoms with Crippen LogP contribution in [0.25, 0.3) is 0 Å². The predicted octanol–water partition coefficient (Wildman–Crippen LogP) is 3.43. The number of anilines is 2. The van der Waals surface area contributed by atoms with Gasteiger partial charge in [-0.25, -0.2) is 13.4 Å². The number of carbonyl (C=O) groups is 2. The highest BCUT2D eigenvalue weighted by atomic mass is 32.2. The molecule has 1 N–H and O–H groups in total. The maximum atomic E-state index is 12.7. The molecule has 2 heterocycles. The fourth-order valence-electron chi connectivity index (χ4n) is 3.76. The third-order valence-corrected chi connectivity index (χ3v) is 7.98. The number of aryl methyl sites for hydroxylation is 1. The normalized spacial score (nSPS) is 14.1. The highest BCUT2D eigenvalue weighted by Crippen LogP contribution is 2.22. The number of sulfonamides is 1. The summed E-state index contributed by atoms with van der Waals surface area (Å²) in [5.41, 5.74) is 2.42. The van der Waals surface area contributed by atoms with Crippen molar-refractivity contribution < 1.29 is 18.0 Å². The number of hydrogen-bond acceptors (Lipinski definition) is 7. The van der Waals surface area contributed by atoms with Crippen LogP contribution in [0.1, 0.15) is 29.4 Å². The number of thiazole rings is 1. The number of ketones is 1. The number of nitrogens with zero attached hydrogens (tertiary/aromatic N) is 3. The number of piperazine rings is 1. The Morgan fingerprint density at radius 3 is 2.32 bits per heavy atom. The van der Waals surface area contributed by atoms with Crippen LogP contribution in [0.5, 0.6) is 0 Å². The third kappa shape index (κ3) is 5.81. The number of nitrogens with one attached hydrogen (secondary N) is 1. The lowest BCUT2D eigenvalue weighted by Crippen LogP contribution is -2.48. The Balaban J connectivity index is 1.25. The lowest BCUT2D eigenvalue weighted by molar-refractivity contribution is -0.131. The first-order valence-corrected chi connectivity index (χ1v) is 13.3. The smallest absolute Gasteiger partial charge is 0.263 e. The van der Waals surface area contributed by atoms with Gasteiger partial charge in [0.2, 0.25) is 5.91 Å². The minimum absolute atomic E-state index is 0.0443. The molecule has 8 nitrogen and oxygen atoms in total. The van der Waals surface area contributed by atoms with Crippen LogP contribution in [-0.2, 0) is 21.2 Å². The van der Waals surface area contributed by atoms with Crippen LogP contribution in [0, 0.1) is 0 Å². The van der Waals surface area contributed by atoms with E-state index in [1.54, 1.807) is 30.5 Å². The largest absolute Gasteiger partial charge is 0.368 e. The second-order valence-corrected chi connectivity index (χ2v) is 10.6.